The normalized spacial score (nSPS) is 11.5. The number of pyridine rings is 1. The monoisotopic (exact) mass is 363 g/mol. The van der Waals surface area contributed by atoms with Gasteiger partial charge in [-0.1, -0.05) is 0 Å². The number of hydrogen-bond donors (Lipinski definition) is 0. The Kier molecular flexibility index (Phi) is 4.58. The highest BCUT2D eigenvalue weighted by Gasteiger charge is 2.34. The molecule has 0 saturated heterocycles. The molecule has 0 atom stereocenters. The van der Waals surface area contributed by atoms with Crippen LogP contribution in [-0.4, -0.2) is 15.0 Å². The fourth-order valence-corrected chi connectivity index (χ4v) is 2.22. The molecule has 0 unspecified atom stereocenters. The van der Waals surface area contributed by atoms with Crippen LogP contribution in [0.1, 0.15) is 16.8 Å². The number of hydrogen-bond acceptors (Lipinski definition) is 4. The number of aromatic nitrogens is 3. The zero-order valence-electron chi connectivity index (χ0n) is 13.8. The van der Waals surface area contributed by atoms with Gasteiger partial charge in [-0.05, 0) is 44.2 Å². The Bertz CT molecular complexity index is 943. The smallest absolute Gasteiger partial charge is 0.419 e. The highest BCUT2D eigenvalue weighted by Crippen LogP contribution is 2.35. The van der Waals surface area contributed by atoms with Gasteiger partial charge in [0.1, 0.15) is 11.6 Å². The van der Waals surface area contributed by atoms with Gasteiger partial charge in [-0.15, -0.1) is 0 Å². The van der Waals surface area contributed by atoms with Crippen LogP contribution in [-0.2, 0) is 6.18 Å². The molecule has 3 aromatic rings. The number of halogens is 4. The molecule has 26 heavy (non-hydrogen) atoms. The largest absolute Gasteiger partial charge is 0.439 e. The minimum Gasteiger partial charge on any atom is -0.439 e. The standard InChI is InChI=1S/C18H13F4N3O/c1-10-11(2)24-16(12-4-3-7-23-9-12)25-17(10)26-13-5-6-15(19)14(8-13)18(20,21)22/h3-9H,1-2H3. The maximum Gasteiger partial charge on any atom is 0.419 e. The Balaban J connectivity index is 2.02. The number of benzene rings is 1. The molecule has 0 spiro atoms. The lowest BCUT2D eigenvalue weighted by molar-refractivity contribution is -0.140. The van der Waals surface area contributed by atoms with Gasteiger partial charge in [-0.2, -0.15) is 18.2 Å². The van der Waals surface area contributed by atoms with E-state index in [1.165, 1.54) is 0 Å². The van der Waals surface area contributed by atoms with Crippen LogP contribution in [0.25, 0.3) is 11.4 Å². The third-order valence-corrected chi connectivity index (χ3v) is 3.72. The predicted octanol–water partition coefficient (Wildman–Crippen LogP) is 5.11. The summed E-state index contributed by atoms with van der Waals surface area (Å²) >= 11 is 0. The van der Waals surface area contributed by atoms with Crippen LogP contribution in [0.5, 0.6) is 11.6 Å². The molecular weight excluding hydrogens is 350 g/mol. The molecule has 0 bridgehead atoms. The van der Waals surface area contributed by atoms with Gasteiger partial charge in [0.2, 0.25) is 5.88 Å². The summed E-state index contributed by atoms with van der Waals surface area (Å²) in [6.45, 7) is 3.42. The fourth-order valence-electron chi connectivity index (χ4n) is 2.22. The Labute approximate surface area is 146 Å². The molecular formula is C18H13F4N3O. The molecule has 0 aliphatic heterocycles. The maximum absolute atomic E-state index is 13.4. The maximum atomic E-state index is 13.4. The summed E-state index contributed by atoms with van der Waals surface area (Å²) in [4.78, 5) is 12.6. The molecule has 8 heteroatoms. The molecule has 2 aromatic heterocycles. The van der Waals surface area contributed by atoms with E-state index in [9.17, 15) is 17.6 Å². The van der Waals surface area contributed by atoms with Crippen LogP contribution in [0.15, 0.2) is 42.7 Å². The number of aryl methyl sites for hydroxylation is 1. The predicted molar refractivity (Wildman–Crippen MR) is 86.2 cm³/mol. The Morgan fingerprint density at radius 2 is 1.81 bits per heavy atom. The molecule has 1 aromatic carbocycles. The first kappa shape index (κ1) is 17.8. The average molecular weight is 363 g/mol. The summed E-state index contributed by atoms with van der Waals surface area (Å²) in [5.41, 5.74) is 0.406. The number of ether oxygens (including phenoxy) is 1. The van der Waals surface area contributed by atoms with Gasteiger partial charge in [0.15, 0.2) is 5.82 Å². The van der Waals surface area contributed by atoms with Crippen molar-refractivity contribution in [2.75, 3.05) is 0 Å². The second-order valence-electron chi connectivity index (χ2n) is 5.55. The van der Waals surface area contributed by atoms with E-state index in [2.05, 4.69) is 15.0 Å². The molecule has 3 rings (SSSR count). The molecule has 134 valence electrons. The van der Waals surface area contributed by atoms with E-state index in [0.717, 1.165) is 6.07 Å². The molecule has 0 saturated carbocycles. The van der Waals surface area contributed by atoms with Crippen LogP contribution in [0.2, 0.25) is 0 Å². The van der Waals surface area contributed by atoms with Crippen LogP contribution in [0.4, 0.5) is 17.6 Å². The Morgan fingerprint density at radius 3 is 2.46 bits per heavy atom. The van der Waals surface area contributed by atoms with Crippen molar-refractivity contribution in [3.05, 3.63) is 65.4 Å². The fraction of sp³-hybridized carbons (Fsp3) is 0.167. The van der Waals surface area contributed by atoms with Crippen molar-refractivity contribution in [2.24, 2.45) is 0 Å². The average Bonchev–Trinajstić information content (AvgIpc) is 2.60. The zero-order chi connectivity index (χ0) is 18.9. The van der Waals surface area contributed by atoms with Gasteiger partial charge in [-0.25, -0.2) is 9.37 Å². The lowest BCUT2D eigenvalue weighted by atomic mass is 10.2. The molecule has 2 heterocycles. The zero-order valence-corrected chi connectivity index (χ0v) is 13.8. The summed E-state index contributed by atoms with van der Waals surface area (Å²) in [5, 5.41) is 0. The van der Waals surface area contributed by atoms with Crippen molar-refractivity contribution in [1.29, 1.82) is 0 Å². The van der Waals surface area contributed by atoms with E-state index in [0.29, 0.717) is 34.8 Å². The van der Waals surface area contributed by atoms with Crippen molar-refractivity contribution in [1.82, 2.24) is 15.0 Å². The first-order valence-electron chi connectivity index (χ1n) is 7.56. The molecule has 0 radical (unpaired) electrons. The second-order valence-corrected chi connectivity index (χ2v) is 5.55. The van der Waals surface area contributed by atoms with Crippen molar-refractivity contribution in [3.63, 3.8) is 0 Å². The minimum atomic E-state index is -4.82. The quantitative estimate of drug-likeness (QED) is 0.607. The summed E-state index contributed by atoms with van der Waals surface area (Å²) in [6, 6.07) is 5.90. The van der Waals surface area contributed by atoms with Crippen molar-refractivity contribution in [3.8, 4) is 23.0 Å². The molecule has 0 aliphatic rings. The third-order valence-electron chi connectivity index (χ3n) is 3.72. The SMILES string of the molecule is Cc1nc(-c2cccnc2)nc(Oc2ccc(F)c(C(F)(F)F)c2)c1C. The van der Waals surface area contributed by atoms with Gasteiger partial charge in [0.25, 0.3) is 0 Å². The van der Waals surface area contributed by atoms with Gasteiger partial charge < -0.3 is 4.74 Å². The highest BCUT2D eigenvalue weighted by molar-refractivity contribution is 5.55. The lowest BCUT2D eigenvalue weighted by Gasteiger charge is -2.13. The van der Waals surface area contributed by atoms with E-state index in [1.54, 1.807) is 38.4 Å². The first-order chi connectivity index (χ1) is 12.3. The van der Waals surface area contributed by atoms with E-state index in [1.807, 2.05) is 0 Å². The molecule has 0 amide bonds. The van der Waals surface area contributed by atoms with E-state index in [4.69, 9.17) is 4.74 Å². The van der Waals surface area contributed by atoms with Crippen LogP contribution >= 0.6 is 0 Å². The van der Waals surface area contributed by atoms with Crippen molar-refractivity contribution in [2.45, 2.75) is 20.0 Å². The van der Waals surface area contributed by atoms with Gasteiger partial charge >= 0.3 is 6.18 Å². The Morgan fingerprint density at radius 1 is 1.04 bits per heavy atom. The van der Waals surface area contributed by atoms with Crippen LogP contribution in [0.3, 0.4) is 0 Å². The molecule has 4 nitrogen and oxygen atoms in total. The lowest BCUT2D eigenvalue weighted by Crippen LogP contribution is -2.08. The third kappa shape index (κ3) is 3.63. The van der Waals surface area contributed by atoms with E-state index in [-0.39, 0.29) is 11.6 Å². The summed E-state index contributed by atoms with van der Waals surface area (Å²) < 4.78 is 57.5. The molecule has 0 aliphatic carbocycles. The number of rotatable bonds is 3. The molecule has 0 fully saturated rings. The summed E-state index contributed by atoms with van der Waals surface area (Å²) in [5.74, 6) is -1.11. The van der Waals surface area contributed by atoms with Gasteiger partial charge in [-0.3, -0.25) is 4.98 Å². The van der Waals surface area contributed by atoms with Gasteiger partial charge in [0, 0.05) is 29.2 Å². The van der Waals surface area contributed by atoms with Crippen molar-refractivity contribution >= 4 is 0 Å². The van der Waals surface area contributed by atoms with Crippen molar-refractivity contribution < 1.29 is 22.3 Å². The van der Waals surface area contributed by atoms with Gasteiger partial charge in [0.05, 0.1) is 5.56 Å². The molecule has 0 N–H and O–H groups in total. The summed E-state index contributed by atoms with van der Waals surface area (Å²) in [7, 11) is 0. The minimum absolute atomic E-state index is 0.0936. The first-order valence-corrected chi connectivity index (χ1v) is 7.56. The number of alkyl halides is 3. The topological polar surface area (TPSA) is 47.9 Å². The van der Waals surface area contributed by atoms with E-state index >= 15 is 0 Å². The van der Waals surface area contributed by atoms with Crippen LogP contribution < -0.4 is 4.74 Å². The van der Waals surface area contributed by atoms with Crippen LogP contribution in [0, 0.1) is 19.7 Å². The Hall–Kier alpha value is -3.03. The highest BCUT2D eigenvalue weighted by atomic mass is 19.4. The van der Waals surface area contributed by atoms with E-state index < -0.39 is 17.6 Å². The summed E-state index contributed by atoms with van der Waals surface area (Å²) in [6.07, 6.45) is -1.66. The second kappa shape index (κ2) is 6.70. The number of nitrogens with zero attached hydrogens (tertiary/aromatic N) is 3.